The summed E-state index contributed by atoms with van der Waals surface area (Å²) >= 11 is 0. The third kappa shape index (κ3) is 4.11. The number of aromatic nitrogens is 2. The van der Waals surface area contributed by atoms with Gasteiger partial charge in [0.1, 0.15) is 18.9 Å². The van der Waals surface area contributed by atoms with Gasteiger partial charge in [0, 0.05) is 24.4 Å². The van der Waals surface area contributed by atoms with Gasteiger partial charge in [0.15, 0.2) is 0 Å². The van der Waals surface area contributed by atoms with Crippen molar-refractivity contribution in [1.29, 1.82) is 0 Å². The lowest BCUT2D eigenvalue weighted by molar-refractivity contribution is -0.121. The number of benzene rings is 2. The summed E-state index contributed by atoms with van der Waals surface area (Å²) in [6.45, 7) is 0.881. The van der Waals surface area contributed by atoms with E-state index in [4.69, 9.17) is 4.74 Å². The average molecular weight is 347 g/mol. The highest BCUT2D eigenvalue weighted by Gasteiger charge is 2.39. The Bertz CT molecular complexity index is 845. The molecule has 2 aromatic carbocycles. The Kier molecular flexibility index (Phi) is 4.69. The van der Waals surface area contributed by atoms with Gasteiger partial charge in [0.2, 0.25) is 5.91 Å². The molecule has 0 aliphatic heterocycles. The summed E-state index contributed by atoms with van der Waals surface area (Å²) in [5, 5.41) is 3.08. The van der Waals surface area contributed by atoms with E-state index in [1.807, 2.05) is 30.3 Å². The number of carbonyl (C=O) groups excluding carboxylic acids is 1. The second-order valence-corrected chi connectivity index (χ2v) is 6.59. The summed E-state index contributed by atoms with van der Waals surface area (Å²) in [4.78, 5) is 16.0. The lowest BCUT2D eigenvalue weighted by Crippen LogP contribution is -2.29. The second-order valence-electron chi connectivity index (χ2n) is 6.59. The zero-order valence-electron chi connectivity index (χ0n) is 14.4. The SMILES string of the molecule is O=C(Cn1ccnc1)N[C@@H]1C[C@@H]1c1ccc(OCc2ccccc2)cc1. The number of amides is 1. The predicted molar refractivity (Wildman–Crippen MR) is 98.7 cm³/mol. The Morgan fingerprint density at radius 1 is 1.15 bits per heavy atom. The number of nitrogens with one attached hydrogen (secondary N) is 1. The summed E-state index contributed by atoms with van der Waals surface area (Å²) in [5.74, 6) is 1.28. The van der Waals surface area contributed by atoms with Crippen LogP contribution in [0, 0.1) is 0 Å². The molecule has 0 saturated heterocycles. The molecule has 26 heavy (non-hydrogen) atoms. The molecule has 4 rings (SSSR count). The van der Waals surface area contributed by atoms with Crippen LogP contribution < -0.4 is 10.1 Å². The van der Waals surface area contributed by atoms with Crippen LogP contribution in [0.4, 0.5) is 0 Å². The molecule has 1 N–H and O–H groups in total. The Hall–Kier alpha value is -3.08. The zero-order chi connectivity index (χ0) is 17.8. The van der Waals surface area contributed by atoms with Crippen molar-refractivity contribution in [2.24, 2.45) is 0 Å². The molecule has 0 unspecified atom stereocenters. The number of nitrogens with zero attached hydrogens (tertiary/aromatic N) is 2. The Labute approximate surface area is 152 Å². The molecule has 1 heterocycles. The van der Waals surface area contributed by atoms with Crippen LogP contribution in [0.1, 0.15) is 23.5 Å². The number of carbonyl (C=O) groups is 1. The first kappa shape index (κ1) is 16.4. The van der Waals surface area contributed by atoms with Crippen LogP contribution >= 0.6 is 0 Å². The molecule has 5 heteroatoms. The highest BCUT2D eigenvalue weighted by molar-refractivity contribution is 5.76. The number of rotatable bonds is 7. The van der Waals surface area contributed by atoms with E-state index in [9.17, 15) is 4.79 Å². The Balaban J connectivity index is 1.26. The maximum absolute atomic E-state index is 12.0. The molecule has 2 atom stereocenters. The van der Waals surface area contributed by atoms with E-state index in [0.717, 1.165) is 17.7 Å². The normalized spacial score (nSPS) is 18.3. The van der Waals surface area contributed by atoms with Crippen LogP contribution in [-0.2, 0) is 17.9 Å². The minimum absolute atomic E-state index is 0.0262. The van der Waals surface area contributed by atoms with E-state index in [1.165, 1.54) is 5.56 Å². The molecule has 0 bridgehead atoms. The van der Waals surface area contributed by atoms with Crippen LogP contribution in [0.5, 0.6) is 5.75 Å². The molecule has 132 valence electrons. The van der Waals surface area contributed by atoms with Gasteiger partial charge in [-0.25, -0.2) is 4.98 Å². The Morgan fingerprint density at radius 3 is 2.69 bits per heavy atom. The molecule has 3 aromatic rings. The molecule has 0 spiro atoms. The van der Waals surface area contributed by atoms with Gasteiger partial charge in [-0.2, -0.15) is 0 Å². The fraction of sp³-hybridized carbons (Fsp3) is 0.238. The standard InChI is InChI=1S/C21H21N3O2/c25-21(13-24-11-10-22-15-24)23-20-12-19(20)17-6-8-18(9-7-17)26-14-16-4-2-1-3-5-16/h1-11,15,19-20H,12-14H2,(H,23,25)/t19-,20-/m1/s1. The molecule has 1 amide bonds. The number of imidazole rings is 1. The zero-order valence-corrected chi connectivity index (χ0v) is 14.4. The first-order chi connectivity index (χ1) is 12.8. The highest BCUT2D eigenvalue weighted by Crippen LogP contribution is 2.41. The van der Waals surface area contributed by atoms with Crippen LogP contribution in [-0.4, -0.2) is 21.5 Å². The lowest BCUT2D eigenvalue weighted by Gasteiger charge is -2.08. The summed E-state index contributed by atoms with van der Waals surface area (Å²) < 4.78 is 7.59. The minimum Gasteiger partial charge on any atom is -0.489 e. The molecule has 1 fully saturated rings. The molecule has 0 radical (unpaired) electrons. The number of hydrogen-bond donors (Lipinski definition) is 1. The minimum atomic E-state index is 0.0262. The van der Waals surface area contributed by atoms with Crippen molar-refractivity contribution in [3.63, 3.8) is 0 Å². The first-order valence-electron chi connectivity index (χ1n) is 8.80. The van der Waals surface area contributed by atoms with Crippen molar-refractivity contribution in [2.45, 2.75) is 31.5 Å². The van der Waals surface area contributed by atoms with Gasteiger partial charge >= 0.3 is 0 Å². The third-order valence-electron chi connectivity index (χ3n) is 4.58. The van der Waals surface area contributed by atoms with Gasteiger partial charge in [-0.1, -0.05) is 42.5 Å². The molecule has 5 nitrogen and oxygen atoms in total. The van der Waals surface area contributed by atoms with Crippen LogP contribution in [0.2, 0.25) is 0 Å². The van der Waals surface area contributed by atoms with Crippen molar-refractivity contribution >= 4 is 5.91 Å². The second kappa shape index (κ2) is 7.44. The fourth-order valence-electron chi connectivity index (χ4n) is 3.07. The predicted octanol–water partition coefficient (Wildman–Crippen LogP) is 3.13. The maximum atomic E-state index is 12.0. The van der Waals surface area contributed by atoms with E-state index in [1.54, 1.807) is 23.3 Å². The van der Waals surface area contributed by atoms with Gasteiger partial charge in [0.05, 0.1) is 6.33 Å². The summed E-state index contributed by atoms with van der Waals surface area (Å²) in [6, 6.07) is 18.5. The molecule has 1 saturated carbocycles. The van der Waals surface area contributed by atoms with Crippen LogP contribution in [0.25, 0.3) is 0 Å². The molecular weight excluding hydrogens is 326 g/mol. The molecule has 1 aliphatic carbocycles. The first-order valence-corrected chi connectivity index (χ1v) is 8.80. The van der Waals surface area contributed by atoms with Gasteiger partial charge in [-0.05, 0) is 29.7 Å². The summed E-state index contributed by atoms with van der Waals surface area (Å²) in [6.07, 6.45) is 6.10. The molecule has 1 aromatic heterocycles. The average Bonchev–Trinajstić information content (AvgIpc) is 3.23. The largest absolute Gasteiger partial charge is 0.489 e. The van der Waals surface area contributed by atoms with E-state index in [2.05, 4.69) is 34.6 Å². The third-order valence-corrected chi connectivity index (χ3v) is 4.58. The Morgan fingerprint density at radius 2 is 1.96 bits per heavy atom. The molecular formula is C21H21N3O2. The van der Waals surface area contributed by atoms with Crippen molar-refractivity contribution in [3.05, 3.63) is 84.4 Å². The van der Waals surface area contributed by atoms with E-state index >= 15 is 0 Å². The van der Waals surface area contributed by atoms with Gasteiger partial charge in [-0.3, -0.25) is 4.79 Å². The van der Waals surface area contributed by atoms with Crippen molar-refractivity contribution in [2.75, 3.05) is 0 Å². The van der Waals surface area contributed by atoms with E-state index < -0.39 is 0 Å². The van der Waals surface area contributed by atoms with Crippen molar-refractivity contribution < 1.29 is 9.53 Å². The van der Waals surface area contributed by atoms with Gasteiger partial charge in [0.25, 0.3) is 0 Å². The van der Waals surface area contributed by atoms with Crippen LogP contribution in [0.3, 0.4) is 0 Å². The summed E-state index contributed by atoms with van der Waals surface area (Å²) in [5.41, 5.74) is 2.39. The van der Waals surface area contributed by atoms with Crippen LogP contribution in [0.15, 0.2) is 73.3 Å². The smallest absolute Gasteiger partial charge is 0.240 e. The fourth-order valence-corrected chi connectivity index (χ4v) is 3.07. The lowest BCUT2D eigenvalue weighted by atomic mass is 10.1. The maximum Gasteiger partial charge on any atom is 0.240 e. The number of ether oxygens (including phenoxy) is 1. The number of hydrogen-bond acceptors (Lipinski definition) is 3. The topological polar surface area (TPSA) is 56.2 Å². The van der Waals surface area contributed by atoms with E-state index in [-0.39, 0.29) is 11.9 Å². The van der Waals surface area contributed by atoms with Crippen molar-refractivity contribution in [1.82, 2.24) is 14.9 Å². The quantitative estimate of drug-likeness (QED) is 0.714. The monoisotopic (exact) mass is 347 g/mol. The van der Waals surface area contributed by atoms with Gasteiger partial charge in [-0.15, -0.1) is 0 Å². The molecule has 1 aliphatic rings. The van der Waals surface area contributed by atoms with Crippen molar-refractivity contribution in [3.8, 4) is 5.75 Å². The van der Waals surface area contributed by atoms with Gasteiger partial charge < -0.3 is 14.6 Å². The summed E-state index contributed by atoms with van der Waals surface area (Å²) in [7, 11) is 0. The highest BCUT2D eigenvalue weighted by atomic mass is 16.5. The van der Waals surface area contributed by atoms with E-state index in [0.29, 0.717) is 19.1 Å².